The Kier molecular flexibility index (Phi) is 20.2. The Morgan fingerprint density at radius 2 is 0.989 bits per heavy atom. The highest BCUT2D eigenvalue weighted by Gasteiger charge is 2.35. The van der Waals surface area contributed by atoms with Gasteiger partial charge in [0, 0.05) is 130 Å². The molecular formula is C66H69Cl2F2N10O8P. The second-order valence-electron chi connectivity index (χ2n) is 22.8. The van der Waals surface area contributed by atoms with Crippen LogP contribution in [0.4, 0.5) is 8.78 Å². The molecule has 0 unspecified atom stereocenters. The lowest BCUT2D eigenvalue weighted by molar-refractivity contribution is -0.126. The molecule has 4 aliphatic heterocycles. The number of halogens is 4. The van der Waals surface area contributed by atoms with Gasteiger partial charge >= 0.3 is 0 Å². The third-order valence-corrected chi connectivity index (χ3v) is 19.6. The number of hydrogen-bond donors (Lipinski definition) is 3. The topological polar surface area (TPSA) is 221 Å². The summed E-state index contributed by atoms with van der Waals surface area (Å²) in [5.74, 6) is 8.02. The van der Waals surface area contributed by atoms with Crippen molar-refractivity contribution in [2.45, 2.75) is 64.7 Å². The van der Waals surface area contributed by atoms with E-state index in [1.165, 1.54) is 41.3 Å². The van der Waals surface area contributed by atoms with Crippen molar-refractivity contribution < 1.29 is 46.7 Å². The first-order valence-electron chi connectivity index (χ1n) is 29.5. The van der Waals surface area contributed by atoms with Crippen molar-refractivity contribution in [3.63, 3.8) is 0 Å². The molecule has 4 amide bonds. The van der Waals surface area contributed by atoms with Crippen LogP contribution in [-0.2, 0) is 31.9 Å². The van der Waals surface area contributed by atoms with Crippen molar-refractivity contribution in [3.05, 3.63) is 201 Å². The number of nitrogens with two attached hydrogens (primary N) is 2. The fraction of sp³-hybridized carbons (Fsp3) is 0.303. The fourth-order valence-corrected chi connectivity index (χ4v) is 14.1. The molecule has 0 bridgehead atoms. The van der Waals surface area contributed by atoms with E-state index >= 15 is 0 Å². The van der Waals surface area contributed by atoms with Crippen molar-refractivity contribution in [1.82, 2.24) is 39.1 Å². The Bertz CT molecular complexity index is 3910. The van der Waals surface area contributed by atoms with Crippen molar-refractivity contribution in [2.75, 3.05) is 71.3 Å². The number of aromatic amines is 1. The summed E-state index contributed by atoms with van der Waals surface area (Å²) in [5.41, 5.74) is 4.09. The van der Waals surface area contributed by atoms with Crippen molar-refractivity contribution in [1.29, 1.82) is 0 Å². The smallest absolute Gasteiger partial charge is 0.295 e. The number of Topliss-reactive ketones (excluding diaryl/α,β-unsaturated/α-hetero) is 2. The van der Waals surface area contributed by atoms with Gasteiger partial charge in [-0.2, -0.15) is 0 Å². The van der Waals surface area contributed by atoms with E-state index in [1.54, 1.807) is 92.4 Å². The number of rotatable bonds is 13. The molecule has 464 valence electrons. The lowest BCUT2D eigenvalue weighted by atomic mass is 10.0. The summed E-state index contributed by atoms with van der Waals surface area (Å²) in [5, 5.41) is 2.67. The summed E-state index contributed by atoms with van der Waals surface area (Å²) in [7, 11) is -3.13. The van der Waals surface area contributed by atoms with Gasteiger partial charge in [-0.15, -0.1) is 0 Å². The molecule has 8 aromatic rings. The van der Waals surface area contributed by atoms with Gasteiger partial charge < -0.3 is 30.4 Å². The number of H-pyrrole nitrogens is 1. The van der Waals surface area contributed by atoms with Gasteiger partial charge in [-0.05, 0) is 123 Å². The van der Waals surface area contributed by atoms with E-state index in [2.05, 4.69) is 14.8 Å². The minimum atomic E-state index is -3.13. The van der Waals surface area contributed by atoms with Gasteiger partial charge in [-0.3, -0.25) is 47.8 Å². The first kappa shape index (κ1) is 63.9. The number of carbonyl (C=O) groups excluding carboxylic acids is 6. The van der Waals surface area contributed by atoms with E-state index < -0.39 is 30.7 Å². The molecule has 6 aromatic carbocycles. The van der Waals surface area contributed by atoms with E-state index in [9.17, 15) is 42.1 Å². The zero-order valence-electron chi connectivity index (χ0n) is 49.3. The highest BCUT2D eigenvalue weighted by molar-refractivity contribution is 7.74. The monoisotopic (exact) mass is 1270 g/mol. The summed E-state index contributed by atoms with van der Waals surface area (Å²) in [6.45, 7) is 11.3. The Morgan fingerprint density at radius 1 is 0.562 bits per heavy atom. The van der Waals surface area contributed by atoms with Crippen LogP contribution in [0, 0.1) is 11.6 Å². The number of carbonyl (C=O) groups is 6. The number of ketones is 2. The summed E-state index contributed by atoms with van der Waals surface area (Å²) < 4.78 is 45.1. The molecule has 0 radical (unpaired) electrons. The number of hydrogen-bond acceptors (Lipinski definition) is 12. The molecule has 4 saturated heterocycles. The third-order valence-electron chi connectivity index (χ3n) is 16.7. The van der Waals surface area contributed by atoms with E-state index in [1.807, 2.05) is 50.2 Å². The molecule has 4 aliphatic rings. The van der Waals surface area contributed by atoms with Crippen LogP contribution in [0.3, 0.4) is 0 Å². The number of benzene rings is 6. The number of nitrogens with one attached hydrogen (secondary N) is 1. The molecule has 6 heterocycles. The maximum absolute atomic E-state index is 13.6. The van der Waals surface area contributed by atoms with Gasteiger partial charge in [0.2, 0.25) is 0 Å². The predicted octanol–water partition coefficient (Wildman–Crippen LogP) is 9.22. The summed E-state index contributed by atoms with van der Waals surface area (Å²) in [6.07, 6.45) is 6.49. The Morgan fingerprint density at radius 3 is 1.43 bits per heavy atom. The van der Waals surface area contributed by atoms with Crippen LogP contribution in [0.1, 0.15) is 92.1 Å². The van der Waals surface area contributed by atoms with Gasteiger partial charge in [0.1, 0.15) is 11.6 Å². The van der Waals surface area contributed by atoms with Gasteiger partial charge in [-0.25, -0.2) is 19.3 Å². The fourth-order valence-electron chi connectivity index (χ4n) is 11.9. The van der Waals surface area contributed by atoms with Gasteiger partial charge in [0.25, 0.3) is 42.6 Å². The average Bonchev–Trinajstić information content (AvgIpc) is 1.99. The Balaban J connectivity index is 0.000000158. The number of fused-ring (bicyclic) bond motifs is 2. The second kappa shape index (κ2) is 28.2. The maximum Gasteiger partial charge on any atom is 0.295 e. The highest BCUT2D eigenvalue weighted by Crippen LogP contribution is 2.42. The minimum absolute atomic E-state index is 0.0671. The lowest BCUT2D eigenvalue weighted by Gasteiger charge is -2.40. The van der Waals surface area contributed by atoms with E-state index in [4.69, 9.17) is 39.6 Å². The van der Waals surface area contributed by atoms with Crippen LogP contribution in [0.2, 0.25) is 10.0 Å². The van der Waals surface area contributed by atoms with E-state index in [-0.39, 0.29) is 57.2 Å². The van der Waals surface area contributed by atoms with Crippen LogP contribution >= 0.6 is 30.6 Å². The first-order valence-corrected chi connectivity index (χ1v) is 31.9. The molecule has 2 aromatic heterocycles. The Labute approximate surface area is 524 Å². The highest BCUT2D eigenvalue weighted by atomic mass is 35.5. The number of aromatic nitrogens is 2. The van der Waals surface area contributed by atoms with E-state index in [0.717, 1.165) is 36.8 Å². The van der Waals surface area contributed by atoms with Crippen molar-refractivity contribution in [2.24, 2.45) is 5.90 Å². The minimum Gasteiger partial charge on any atom is -0.360 e. The summed E-state index contributed by atoms with van der Waals surface area (Å²) >= 11 is 13.0. The molecule has 18 nitrogen and oxygen atoms in total. The van der Waals surface area contributed by atoms with Crippen LogP contribution in [-0.4, -0.2) is 152 Å². The van der Waals surface area contributed by atoms with Crippen LogP contribution in [0.15, 0.2) is 146 Å². The van der Waals surface area contributed by atoms with Crippen LogP contribution in [0.5, 0.6) is 0 Å². The molecular weight excluding hydrogens is 1200 g/mol. The number of piperazine rings is 2. The molecule has 0 saturated carbocycles. The zero-order valence-corrected chi connectivity index (χ0v) is 51.7. The molecule has 4 fully saturated rings. The van der Waals surface area contributed by atoms with Gasteiger partial charge in [0.05, 0.1) is 37.8 Å². The third kappa shape index (κ3) is 14.3. The van der Waals surface area contributed by atoms with Crippen LogP contribution in [0.25, 0.3) is 21.8 Å². The van der Waals surface area contributed by atoms with Crippen molar-refractivity contribution >= 4 is 98.2 Å². The maximum atomic E-state index is 13.6. The number of amides is 4. The quantitative estimate of drug-likeness (QED) is 0.0323. The lowest BCUT2D eigenvalue weighted by Crippen LogP contribution is -2.53. The Hall–Kier alpha value is -8.07. The first-order chi connectivity index (χ1) is 42.8. The van der Waals surface area contributed by atoms with E-state index in [0.29, 0.717) is 122 Å². The number of likely N-dealkylation sites (tertiary alicyclic amines) is 2. The normalized spacial score (nSPS) is 17.3. The second-order valence-corrected chi connectivity index (χ2v) is 25.9. The molecule has 23 heteroatoms. The standard InChI is InChI=1S/C27H29ClFN5O3.C27H28ClFN4O3.C12H12NO2P/c1-17-14-31(15-18-4-6-19(29)7-5-18)10-11-33(17)26(36)21-12-20-22(16-34(30)24(20)13-23(21)28)25(35)27(37)32-8-2-3-9-32;1-17-15-31(16-18-4-6-19(29)7-5-18)10-11-33(17)26(35)21-12-20-22(14-30-24(20)13-23(21)28)25(34)27(36)32-8-2-3-9-32;13-15-16(14,11-7-3-1-4-8-11)12-9-5-2-6-10-12/h4-7,12-13,16-17H,2-3,8-11,14-15,30H2,1H3;4-7,12-14,17,30H,2-3,8-11,15-16H2,1H3;1-10H,13H2/t2*17-;/m11./s1. The summed E-state index contributed by atoms with van der Waals surface area (Å²) in [4.78, 5) is 92.8. The molecule has 12 rings (SSSR count). The molecule has 0 spiro atoms. The SMILES string of the molecule is C[C@@H]1CN(Cc2ccc(F)cc2)CCN1C(=O)c1cc2c(C(=O)C(=O)N3CCCC3)c[nH]c2cc1Cl.C[C@@H]1CN(Cc2ccc(F)cc2)CCN1C(=O)c1cc2c(C(=O)C(=O)N3CCCC3)cn(N)c2cc1Cl.NOP(=O)(c1ccccc1)c1ccccc1. The molecule has 89 heavy (non-hydrogen) atoms. The molecule has 0 aliphatic carbocycles. The average molecular weight is 1270 g/mol. The van der Waals surface area contributed by atoms with Crippen molar-refractivity contribution in [3.8, 4) is 0 Å². The molecule has 5 N–H and O–H groups in total. The number of nitrogens with zero attached hydrogens (tertiary/aromatic N) is 7. The largest absolute Gasteiger partial charge is 0.360 e. The van der Waals surface area contributed by atoms with Gasteiger partial charge in [0.15, 0.2) is 0 Å². The van der Waals surface area contributed by atoms with Crippen LogP contribution < -0.4 is 22.3 Å². The number of nitrogen functional groups attached to an aromatic ring is 1. The predicted molar refractivity (Wildman–Crippen MR) is 340 cm³/mol. The zero-order chi connectivity index (χ0) is 63.1. The molecule has 2 atom stereocenters. The summed E-state index contributed by atoms with van der Waals surface area (Å²) in [6, 6.07) is 37.1. The van der Waals surface area contributed by atoms with Gasteiger partial charge in [-0.1, -0.05) is 83.9 Å².